The number of thiocarbonyl (C=S) groups is 1. The Hall–Kier alpha value is -3.71. The van der Waals surface area contributed by atoms with E-state index in [1.54, 1.807) is 42.5 Å². The van der Waals surface area contributed by atoms with Gasteiger partial charge < -0.3 is 15.8 Å². The van der Waals surface area contributed by atoms with E-state index < -0.39 is 5.91 Å². The molecule has 0 unspecified atom stereocenters. The largest absolute Gasteiger partial charge is 0.492 e. The second-order valence-electron chi connectivity index (χ2n) is 6.43. The van der Waals surface area contributed by atoms with Crippen molar-refractivity contribution in [2.75, 3.05) is 11.9 Å². The van der Waals surface area contributed by atoms with Gasteiger partial charge in [0.25, 0.3) is 5.91 Å². The standard InChI is InChI=1S/C23H21N3O3S/c24-21(27)17-10-12-18(13-11-17)25-23(30)26-22(28)19-8-4-5-9-20(19)29-15-14-16-6-2-1-3-7-16/h1-13H,14-15H2,(H2,24,27)(H2,25,26,28,30). The van der Waals surface area contributed by atoms with Gasteiger partial charge >= 0.3 is 0 Å². The van der Waals surface area contributed by atoms with Gasteiger partial charge in [-0.25, -0.2) is 0 Å². The second-order valence-corrected chi connectivity index (χ2v) is 6.84. The number of para-hydroxylation sites is 1. The van der Waals surface area contributed by atoms with Gasteiger partial charge in [-0.05, 0) is 54.2 Å². The predicted octanol–water partition coefficient (Wildman–Crippen LogP) is 3.53. The van der Waals surface area contributed by atoms with Crippen LogP contribution in [-0.2, 0) is 6.42 Å². The number of hydrogen-bond acceptors (Lipinski definition) is 4. The van der Waals surface area contributed by atoms with E-state index in [4.69, 9.17) is 22.7 Å². The van der Waals surface area contributed by atoms with E-state index >= 15 is 0 Å². The number of nitrogens with two attached hydrogens (primary N) is 1. The molecule has 0 saturated heterocycles. The number of carbonyl (C=O) groups is 2. The van der Waals surface area contributed by atoms with Crippen LogP contribution in [0.3, 0.4) is 0 Å². The van der Waals surface area contributed by atoms with Crippen molar-refractivity contribution in [1.29, 1.82) is 0 Å². The molecule has 6 nitrogen and oxygen atoms in total. The Balaban J connectivity index is 1.58. The molecule has 3 aromatic rings. The normalized spacial score (nSPS) is 10.1. The van der Waals surface area contributed by atoms with Crippen LogP contribution in [0.25, 0.3) is 0 Å². The van der Waals surface area contributed by atoms with Gasteiger partial charge in [0.1, 0.15) is 5.75 Å². The van der Waals surface area contributed by atoms with Gasteiger partial charge in [0, 0.05) is 17.7 Å². The molecule has 4 N–H and O–H groups in total. The van der Waals surface area contributed by atoms with E-state index in [2.05, 4.69) is 10.6 Å². The van der Waals surface area contributed by atoms with Gasteiger partial charge in [-0.15, -0.1) is 0 Å². The highest BCUT2D eigenvalue weighted by Crippen LogP contribution is 2.18. The molecule has 0 atom stereocenters. The minimum Gasteiger partial charge on any atom is -0.492 e. The highest BCUT2D eigenvalue weighted by molar-refractivity contribution is 7.80. The molecule has 0 aliphatic heterocycles. The average molecular weight is 420 g/mol. The first-order valence-electron chi connectivity index (χ1n) is 9.31. The van der Waals surface area contributed by atoms with E-state index in [0.717, 1.165) is 12.0 Å². The number of nitrogens with one attached hydrogen (secondary N) is 2. The molecule has 7 heteroatoms. The van der Waals surface area contributed by atoms with E-state index in [0.29, 0.717) is 29.2 Å². The Morgan fingerprint density at radius 1 is 0.900 bits per heavy atom. The van der Waals surface area contributed by atoms with Crippen LogP contribution in [0.1, 0.15) is 26.3 Å². The summed E-state index contributed by atoms with van der Waals surface area (Å²) >= 11 is 5.22. The molecule has 0 bridgehead atoms. The smallest absolute Gasteiger partial charge is 0.261 e. The maximum absolute atomic E-state index is 12.7. The summed E-state index contributed by atoms with van der Waals surface area (Å²) in [6, 6.07) is 23.4. The van der Waals surface area contributed by atoms with E-state index in [1.165, 1.54) is 0 Å². The van der Waals surface area contributed by atoms with Crippen LogP contribution >= 0.6 is 12.2 Å². The van der Waals surface area contributed by atoms with Crippen molar-refractivity contribution in [3.8, 4) is 5.75 Å². The van der Waals surface area contributed by atoms with Crippen LogP contribution in [0, 0.1) is 0 Å². The Kier molecular flexibility index (Phi) is 7.13. The number of primary amides is 1. The molecule has 2 amide bonds. The van der Waals surface area contributed by atoms with Crippen LogP contribution in [0.2, 0.25) is 0 Å². The van der Waals surface area contributed by atoms with Gasteiger partial charge in [0.2, 0.25) is 5.91 Å². The summed E-state index contributed by atoms with van der Waals surface area (Å²) in [5, 5.41) is 5.67. The fourth-order valence-electron chi connectivity index (χ4n) is 2.75. The molecule has 3 rings (SSSR count). The van der Waals surface area contributed by atoms with Crippen molar-refractivity contribution < 1.29 is 14.3 Å². The van der Waals surface area contributed by atoms with Crippen LogP contribution in [0.5, 0.6) is 5.75 Å². The lowest BCUT2D eigenvalue weighted by molar-refractivity contribution is 0.0971. The molecular formula is C23H21N3O3S. The fraction of sp³-hybridized carbons (Fsp3) is 0.0870. The maximum Gasteiger partial charge on any atom is 0.261 e. The van der Waals surface area contributed by atoms with Crippen molar-refractivity contribution in [2.45, 2.75) is 6.42 Å². The summed E-state index contributed by atoms with van der Waals surface area (Å²) in [4.78, 5) is 23.8. The Labute approximate surface area is 180 Å². The van der Waals surface area contributed by atoms with E-state index in [9.17, 15) is 9.59 Å². The molecule has 0 aliphatic carbocycles. The molecule has 152 valence electrons. The minimum atomic E-state index is -0.513. The first-order chi connectivity index (χ1) is 14.5. The number of carbonyl (C=O) groups excluding carboxylic acids is 2. The summed E-state index contributed by atoms with van der Waals surface area (Å²) in [6.07, 6.45) is 0.734. The highest BCUT2D eigenvalue weighted by atomic mass is 32.1. The number of ether oxygens (including phenoxy) is 1. The quantitative estimate of drug-likeness (QED) is 0.510. The van der Waals surface area contributed by atoms with Crippen LogP contribution in [0.4, 0.5) is 5.69 Å². The zero-order valence-corrected chi connectivity index (χ0v) is 16.9. The fourth-order valence-corrected chi connectivity index (χ4v) is 2.96. The molecule has 3 aromatic carbocycles. The topological polar surface area (TPSA) is 93.5 Å². The molecule has 0 aromatic heterocycles. The second kappa shape index (κ2) is 10.2. The molecule has 0 radical (unpaired) electrons. The Morgan fingerprint density at radius 3 is 2.27 bits per heavy atom. The third kappa shape index (κ3) is 5.89. The first-order valence-corrected chi connectivity index (χ1v) is 9.72. The molecule has 0 spiro atoms. The highest BCUT2D eigenvalue weighted by Gasteiger charge is 2.14. The third-order valence-corrected chi connectivity index (χ3v) is 4.48. The Bertz CT molecular complexity index is 1040. The molecule has 0 heterocycles. The summed E-state index contributed by atoms with van der Waals surface area (Å²) in [6.45, 7) is 0.448. The van der Waals surface area contributed by atoms with E-state index in [-0.39, 0.29) is 11.0 Å². The predicted molar refractivity (Wildman–Crippen MR) is 121 cm³/mol. The van der Waals surface area contributed by atoms with E-state index in [1.807, 2.05) is 36.4 Å². The monoisotopic (exact) mass is 419 g/mol. The minimum absolute atomic E-state index is 0.130. The van der Waals surface area contributed by atoms with Crippen molar-refractivity contribution in [3.05, 3.63) is 95.6 Å². The number of benzene rings is 3. The van der Waals surface area contributed by atoms with Crippen molar-refractivity contribution >= 4 is 34.8 Å². The molecule has 0 saturated carbocycles. The summed E-state index contributed by atoms with van der Waals surface area (Å²) in [7, 11) is 0. The summed E-state index contributed by atoms with van der Waals surface area (Å²) < 4.78 is 5.83. The average Bonchev–Trinajstić information content (AvgIpc) is 2.75. The lowest BCUT2D eigenvalue weighted by atomic mass is 10.1. The third-order valence-electron chi connectivity index (χ3n) is 4.28. The number of amides is 2. The van der Waals surface area contributed by atoms with Gasteiger partial charge in [-0.3, -0.25) is 14.9 Å². The lowest BCUT2D eigenvalue weighted by Crippen LogP contribution is -2.34. The maximum atomic E-state index is 12.7. The summed E-state index contributed by atoms with van der Waals surface area (Å²) in [5.74, 6) is -0.405. The Morgan fingerprint density at radius 2 is 1.57 bits per heavy atom. The van der Waals surface area contributed by atoms with Gasteiger partial charge in [-0.1, -0.05) is 42.5 Å². The number of anilines is 1. The molecule has 30 heavy (non-hydrogen) atoms. The van der Waals surface area contributed by atoms with Crippen LogP contribution in [-0.4, -0.2) is 23.5 Å². The van der Waals surface area contributed by atoms with Gasteiger partial charge in [-0.2, -0.15) is 0 Å². The number of hydrogen-bond donors (Lipinski definition) is 3. The van der Waals surface area contributed by atoms with Crippen LogP contribution in [0.15, 0.2) is 78.9 Å². The van der Waals surface area contributed by atoms with Gasteiger partial charge in [0.05, 0.1) is 12.2 Å². The van der Waals surface area contributed by atoms with Crippen molar-refractivity contribution in [1.82, 2.24) is 5.32 Å². The summed E-state index contributed by atoms with van der Waals surface area (Å²) in [5.41, 5.74) is 7.78. The lowest BCUT2D eigenvalue weighted by Gasteiger charge is -2.13. The SMILES string of the molecule is NC(=O)c1ccc(NC(=S)NC(=O)c2ccccc2OCCc2ccccc2)cc1. The zero-order valence-electron chi connectivity index (χ0n) is 16.1. The van der Waals surface area contributed by atoms with Crippen LogP contribution < -0.4 is 21.1 Å². The molecule has 0 aliphatic rings. The first kappa shape index (κ1) is 21.0. The number of rotatable bonds is 7. The molecule has 0 fully saturated rings. The zero-order chi connectivity index (χ0) is 21.3. The van der Waals surface area contributed by atoms with Crippen molar-refractivity contribution in [3.63, 3.8) is 0 Å². The van der Waals surface area contributed by atoms with Crippen molar-refractivity contribution in [2.24, 2.45) is 5.73 Å². The molecular weight excluding hydrogens is 398 g/mol. The van der Waals surface area contributed by atoms with Gasteiger partial charge in [0.15, 0.2) is 5.11 Å².